The Hall–Kier alpha value is -2.58. The summed E-state index contributed by atoms with van der Waals surface area (Å²) in [6, 6.07) is 13.6. The minimum Gasteiger partial charge on any atom is -0.445 e. The maximum Gasteiger partial charge on any atom is 0.416 e. The van der Waals surface area contributed by atoms with Crippen LogP contribution in [-0.4, -0.2) is 47.0 Å². The molecule has 5 nitrogen and oxygen atoms in total. The van der Waals surface area contributed by atoms with Gasteiger partial charge in [-0.2, -0.15) is 13.2 Å². The maximum absolute atomic E-state index is 13.0. The second kappa shape index (κ2) is 8.51. The fraction of sp³-hybridized carbons (Fsp3) is 0.435. The third kappa shape index (κ3) is 5.02. The number of nitrogens with zero attached hydrogens (tertiary/aromatic N) is 1. The maximum atomic E-state index is 13.0. The molecule has 2 bridgehead atoms. The van der Waals surface area contributed by atoms with Gasteiger partial charge in [-0.05, 0) is 30.0 Å². The van der Waals surface area contributed by atoms with E-state index in [2.05, 4.69) is 0 Å². The number of carbonyl (C=O) groups is 1. The van der Waals surface area contributed by atoms with E-state index in [1.54, 1.807) is 11.0 Å². The third-order valence-corrected chi connectivity index (χ3v) is 5.84. The summed E-state index contributed by atoms with van der Waals surface area (Å²) in [4.78, 5) is 14.4. The molecule has 2 fully saturated rings. The lowest BCUT2D eigenvalue weighted by Gasteiger charge is -2.51. The molecule has 2 aromatic carbocycles. The molecule has 0 aliphatic carbocycles. The van der Waals surface area contributed by atoms with Crippen molar-refractivity contribution < 1.29 is 32.5 Å². The van der Waals surface area contributed by atoms with Crippen molar-refractivity contribution in [2.75, 3.05) is 13.2 Å². The molecule has 2 heterocycles. The van der Waals surface area contributed by atoms with Crippen molar-refractivity contribution in [1.29, 1.82) is 0 Å². The highest BCUT2D eigenvalue weighted by Gasteiger charge is 2.48. The number of carbonyl (C=O) groups excluding carboxylic acids is 1. The zero-order valence-electron chi connectivity index (χ0n) is 16.8. The van der Waals surface area contributed by atoms with E-state index in [1.807, 2.05) is 30.3 Å². The van der Waals surface area contributed by atoms with Crippen LogP contribution in [0.2, 0.25) is 0 Å². The van der Waals surface area contributed by atoms with Gasteiger partial charge in [-0.1, -0.05) is 48.5 Å². The normalized spacial score (nSPS) is 25.9. The molecule has 2 atom stereocenters. The van der Waals surface area contributed by atoms with Gasteiger partial charge in [0.15, 0.2) is 0 Å². The van der Waals surface area contributed by atoms with Crippen LogP contribution in [0.3, 0.4) is 0 Å². The lowest BCUT2D eigenvalue weighted by molar-refractivity contribution is -0.138. The van der Waals surface area contributed by atoms with Gasteiger partial charge < -0.3 is 14.6 Å². The summed E-state index contributed by atoms with van der Waals surface area (Å²) in [5.41, 5.74) is -0.676. The monoisotopic (exact) mass is 435 g/mol. The summed E-state index contributed by atoms with van der Waals surface area (Å²) in [6.07, 6.45) is -4.41. The number of fused-ring (bicyclic) bond motifs is 2. The zero-order chi connectivity index (χ0) is 22.1. The number of benzene rings is 2. The Labute approximate surface area is 178 Å². The molecule has 0 saturated carbocycles. The van der Waals surface area contributed by atoms with E-state index in [-0.39, 0.29) is 39.1 Å². The van der Waals surface area contributed by atoms with Crippen LogP contribution in [0.15, 0.2) is 54.6 Å². The van der Waals surface area contributed by atoms with Crippen LogP contribution >= 0.6 is 0 Å². The molecular formula is C23H24F3NO4. The van der Waals surface area contributed by atoms with Gasteiger partial charge in [-0.15, -0.1) is 0 Å². The van der Waals surface area contributed by atoms with E-state index in [1.165, 1.54) is 6.07 Å². The molecule has 2 aliphatic heterocycles. The predicted molar refractivity (Wildman–Crippen MR) is 106 cm³/mol. The number of alkyl halides is 3. The zero-order valence-corrected chi connectivity index (χ0v) is 16.8. The number of amides is 1. The first-order chi connectivity index (χ1) is 14.7. The summed E-state index contributed by atoms with van der Waals surface area (Å²) < 4.78 is 50.1. The van der Waals surface area contributed by atoms with Gasteiger partial charge in [0.25, 0.3) is 0 Å². The quantitative estimate of drug-likeness (QED) is 0.783. The van der Waals surface area contributed by atoms with E-state index in [4.69, 9.17) is 9.47 Å². The molecule has 2 aliphatic rings. The Morgan fingerprint density at radius 3 is 2.35 bits per heavy atom. The molecule has 1 N–H and O–H groups in total. The highest BCUT2D eigenvalue weighted by Crippen LogP contribution is 2.38. The number of aliphatic hydroxyl groups is 1. The van der Waals surface area contributed by atoms with Gasteiger partial charge in [-0.25, -0.2) is 4.79 Å². The van der Waals surface area contributed by atoms with Crippen molar-refractivity contribution in [1.82, 2.24) is 4.90 Å². The highest BCUT2D eigenvalue weighted by molar-refractivity contribution is 5.69. The van der Waals surface area contributed by atoms with Crippen LogP contribution in [0.4, 0.5) is 18.0 Å². The third-order valence-electron chi connectivity index (χ3n) is 5.84. The number of piperidine rings is 1. The van der Waals surface area contributed by atoms with E-state index in [9.17, 15) is 23.1 Å². The minimum absolute atomic E-state index is 0.0802. The van der Waals surface area contributed by atoms with Gasteiger partial charge in [0.05, 0.1) is 36.5 Å². The number of hydrogen-bond acceptors (Lipinski definition) is 4. The second-order valence-electron chi connectivity index (χ2n) is 8.30. The van der Waals surface area contributed by atoms with Crippen LogP contribution in [0.5, 0.6) is 0 Å². The Kier molecular flexibility index (Phi) is 5.94. The Morgan fingerprint density at radius 2 is 1.71 bits per heavy atom. The molecule has 0 radical (unpaired) electrons. The lowest BCUT2D eigenvalue weighted by atomic mass is 9.77. The number of rotatable bonds is 4. The summed E-state index contributed by atoms with van der Waals surface area (Å²) in [5, 5.41) is 11.2. The average Bonchev–Trinajstić information content (AvgIpc) is 2.71. The van der Waals surface area contributed by atoms with Gasteiger partial charge in [-0.3, -0.25) is 4.90 Å². The molecule has 8 heteroatoms. The lowest BCUT2D eigenvalue weighted by Crippen LogP contribution is -2.64. The molecule has 2 aromatic rings. The van der Waals surface area contributed by atoms with Gasteiger partial charge in [0.1, 0.15) is 6.61 Å². The highest BCUT2D eigenvalue weighted by atomic mass is 19.4. The molecule has 31 heavy (non-hydrogen) atoms. The molecule has 0 aromatic heterocycles. The van der Waals surface area contributed by atoms with Crippen LogP contribution in [0.1, 0.15) is 29.5 Å². The standard InChI is InChI=1S/C23H24F3NO4/c24-23(25,26)18-8-4-7-17(9-18)10-22(29)11-19-14-30-15-20(12-22)27(19)21(28)31-13-16-5-2-1-3-6-16/h1-9,19-20,29H,10-15H2. The summed E-state index contributed by atoms with van der Waals surface area (Å²) in [5.74, 6) is 0. The first-order valence-electron chi connectivity index (χ1n) is 10.2. The second-order valence-corrected chi connectivity index (χ2v) is 8.30. The Morgan fingerprint density at radius 1 is 1.06 bits per heavy atom. The molecule has 0 spiro atoms. The van der Waals surface area contributed by atoms with Crippen molar-refractivity contribution in [3.8, 4) is 0 Å². The van der Waals surface area contributed by atoms with Crippen molar-refractivity contribution in [2.45, 2.75) is 49.7 Å². The first kappa shape index (κ1) is 21.6. The van der Waals surface area contributed by atoms with E-state index >= 15 is 0 Å². The Balaban J connectivity index is 1.44. The Bertz CT molecular complexity index is 905. The summed E-state index contributed by atoms with van der Waals surface area (Å²) in [7, 11) is 0. The van der Waals surface area contributed by atoms with E-state index < -0.39 is 35.5 Å². The number of hydrogen-bond donors (Lipinski definition) is 1. The summed E-state index contributed by atoms with van der Waals surface area (Å²) in [6.45, 7) is 0.647. The SMILES string of the molecule is O=C(OCc1ccccc1)N1C2COCC1CC(O)(Cc1cccc(C(F)(F)F)c1)C2. The van der Waals surface area contributed by atoms with Crippen LogP contribution < -0.4 is 0 Å². The van der Waals surface area contributed by atoms with Gasteiger partial charge >= 0.3 is 12.3 Å². The van der Waals surface area contributed by atoms with Crippen molar-refractivity contribution in [2.24, 2.45) is 0 Å². The molecule has 2 saturated heterocycles. The number of ether oxygens (including phenoxy) is 2. The van der Waals surface area contributed by atoms with E-state index in [0.29, 0.717) is 5.56 Å². The molecule has 2 unspecified atom stereocenters. The fourth-order valence-corrected chi connectivity index (χ4v) is 4.55. The van der Waals surface area contributed by atoms with Crippen molar-refractivity contribution >= 4 is 6.09 Å². The largest absolute Gasteiger partial charge is 0.445 e. The fourth-order valence-electron chi connectivity index (χ4n) is 4.55. The van der Waals surface area contributed by atoms with Crippen LogP contribution in [-0.2, 0) is 28.7 Å². The number of morpholine rings is 1. The van der Waals surface area contributed by atoms with Crippen molar-refractivity contribution in [3.63, 3.8) is 0 Å². The van der Waals surface area contributed by atoms with Crippen LogP contribution in [0, 0.1) is 0 Å². The molecular weight excluding hydrogens is 411 g/mol. The van der Waals surface area contributed by atoms with Gasteiger partial charge in [0.2, 0.25) is 0 Å². The first-order valence-corrected chi connectivity index (χ1v) is 10.2. The van der Waals surface area contributed by atoms with E-state index in [0.717, 1.165) is 17.7 Å². The molecule has 166 valence electrons. The molecule has 1 amide bonds. The number of halogens is 3. The predicted octanol–water partition coefficient (Wildman–Crippen LogP) is 4.18. The minimum atomic E-state index is -4.44. The van der Waals surface area contributed by atoms with Crippen molar-refractivity contribution in [3.05, 3.63) is 71.3 Å². The average molecular weight is 435 g/mol. The smallest absolute Gasteiger partial charge is 0.416 e. The van der Waals surface area contributed by atoms with Gasteiger partial charge in [0, 0.05) is 6.42 Å². The topological polar surface area (TPSA) is 59.0 Å². The summed E-state index contributed by atoms with van der Waals surface area (Å²) >= 11 is 0. The molecule has 4 rings (SSSR count). The van der Waals surface area contributed by atoms with Crippen LogP contribution in [0.25, 0.3) is 0 Å².